The second-order valence-corrected chi connectivity index (χ2v) is 10.8. The van der Waals surface area contributed by atoms with Gasteiger partial charge in [0, 0.05) is 57.3 Å². The van der Waals surface area contributed by atoms with E-state index >= 15 is 0 Å². The van der Waals surface area contributed by atoms with Gasteiger partial charge in [0.05, 0.1) is 16.7 Å². The molecule has 2 aliphatic heterocycles. The van der Waals surface area contributed by atoms with Crippen LogP contribution in [0.5, 0.6) is 5.75 Å². The number of halogens is 2. The molecule has 12 heteroatoms. The van der Waals surface area contributed by atoms with E-state index in [1.165, 1.54) is 0 Å². The summed E-state index contributed by atoms with van der Waals surface area (Å²) in [7, 11) is 0. The zero-order valence-electron chi connectivity index (χ0n) is 22.4. The molecule has 2 saturated heterocycles. The van der Waals surface area contributed by atoms with Gasteiger partial charge >= 0.3 is 0 Å². The van der Waals surface area contributed by atoms with Crippen LogP contribution in [0.4, 0.5) is 5.82 Å². The lowest BCUT2D eigenvalue weighted by Crippen LogP contribution is -2.50. The normalized spacial score (nSPS) is 21.6. The van der Waals surface area contributed by atoms with Crippen molar-refractivity contribution >= 4 is 41.6 Å². The van der Waals surface area contributed by atoms with Crippen molar-refractivity contribution in [2.75, 3.05) is 44.2 Å². The Balaban J connectivity index is 0.00000370. The number of aromatic nitrogens is 2. The van der Waals surface area contributed by atoms with E-state index in [1.807, 2.05) is 17.0 Å². The van der Waals surface area contributed by atoms with Gasteiger partial charge in [-0.1, -0.05) is 11.6 Å². The van der Waals surface area contributed by atoms with Crippen LogP contribution in [0.1, 0.15) is 54.6 Å². The second-order valence-electron chi connectivity index (χ2n) is 10.4. The van der Waals surface area contributed by atoms with Crippen molar-refractivity contribution in [3.05, 3.63) is 46.6 Å². The molecule has 2 amide bonds. The number of carbonyl (C=O) groups excluding carboxylic acids is 2. The topological polar surface area (TPSA) is 123 Å². The summed E-state index contributed by atoms with van der Waals surface area (Å²) in [6.45, 7) is 4.82. The van der Waals surface area contributed by atoms with Crippen LogP contribution in [0.15, 0.2) is 30.3 Å². The van der Waals surface area contributed by atoms with Crippen LogP contribution in [-0.2, 0) is 4.79 Å². The summed E-state index contributed by atoms with van der Waals surface area (Å²) in [5.41, 5.74) is 0.724. The van der Waals surface area contributed by atoms with Gasteiger partial charge in [-0.25, -0.2) is 0 Å². The molecule has 3 fully saturated rings. The molecule has 1 saturated carbocycles. The van der Waals surface area contributed by atoms with E-state index in [0.717, 1.165) is 83.6 Å². The van der Waals surface area contributed by atoms with E-state index in [4.69, 9.17) is 21.6 Å². The number of hydrogen-bond donors (Lipinski definition) is 2. The van der Waals surface area contributed by atoms with E-state index in [1.54, 1.807) is 24.3 Å². The van der Waals surface area contributed by atoms with Crippen molar-refractivity contribution in [2.45, 2.75) is 50.7 Å². The number of nitrogens with one attached hydrogen (secondary N) is 2. The van der Waals surface area contributed by atoms with Gasteiger partial charge < -0.3 is 25.2 Å². The van der Waals surface area contributed by atoms with E-state index in [9.17, 15) is 9.59 Å². The maximum absolute atomic E-state index is 12.8. The first-order valence-corrected chi connectivity index (χ1v) is 14.1. The molecule has 5 rings (SSSR count). The van der Waals surface area contributed by atoms with E-state index < -0.39 is 0 Å². The minimum atomic E-state index is -0.224. The molecule has 2 N–H and O–H groups in total. The monoisotopic (exact) mass is 587 g/mol. The van der Waals surface area contributed by atoms with Gasteiger partial charge in [-0.15, -0.1) is 22.6 Å². The summed E-state index contributed by atoms with van der Waals surface area (Å²) in [6, 6.07) is 10.8. The Hall–Kier alpha value is -3.13. The third-order valence-corrected chi connectivity index (χ3v) is 8.17. The smallest absolute Gasteiger partial charge is 0.272 e. The number of carbonyl (C=O) groups is 2. The largest absolute Gasteiger partial charge is 0.490 e. The Morgan fingerprint density at radius 1 is 1.00 bits per heavy atom. The molecule has 0 atom stereocenters. The molecule has 0 bridgehead atoms. The number of piperazine rings is 1. The van der Waals surface area contributed by atoms with Crippen LogP contribution in [0, 0.1) is 17.2 Å². The molecule has 3 aliphatic rings. The van der Waals surface area contributed by atoms with Gasteiger partial charge in [0.1, 0.15) is 11.8 Å². The van der Waals surface area contributed by atoms with Crippen LogP contribution in [0.25, 0.3) is 0 Å². The first kappa shape index (κ1) is 29.8. The van der Waals surface area contributed by atoms with Crippen LogP contribution in [0.3, 0.4) is 0 Å². The number of nitriles is 1. The van der Waals surface area contributed by atoms with Crippen molar-refractivity contribution < 1.29 is 14.3 Å². The summed E-state index contributed by atoms with van der Waals surface area (Å²) < 4.78 is 6.04. The molecule has 1 aromatic carbocycles. The molecule has 2 aromatic rings. The van der Waals surface area contributed by atoms with Crippen LogP contribution in [-0.4, -0.2) is 78.3 Å². The van der Waals surface area contributed by atoms with Gasteiger partial charge in [-0.05, 0) is 62.8 Å². The molecule has 0 spiro atoms. The minimum absolute atomic E-state index is 0. The van der Waals surface area contributed by atoms with Crippen LogP contribution < -0.4 is 20.3 Å². The van der Waals surface area contributed by atoms with Crippen molar-refractivity contribution in [2.24, 2.45) is 5.92 Å². The summed E-state index contributed by atoms with van der Waals surface area (Å²) in [5.74, 6) is 1.50. The third kappa shape index (κ3) is 7.33. The number of benzene rings is 1. The number of rotatable bonds is 6. The first-order chi connectivity index (χ1) is 19.0. The third-order valence-electron chi connectivity index (χ3n) is 7.85. The SMILES string of the molecule is Cl.N#Cc1ccc(OC2CCC(NC(=O)c3ccc(N4CCC(C(=O)N5CCNCC5)CC4)nn3)CC2)cc1Cl. The fraction of sp³-hybridized carbons (Fsp3) is 0.536. The second kappa shape index (κ2) is 14.0. The summed E-state index contributed by atoms with van der Waals surface area (Å²) in [5, 5.41) is 24.3. The molecular formula is C28H35Cl2N7O3. The van der Waals surface area contributed by atoms with Gasteiger partial charge in [-0.3, -0.25) is 9.59 Å². The molecule has 0 unspecified atom stereocenters. The zero-order chi connectivity index (χ0) is 27.2. The van der Waals surface area contributed by atoms with E-state index in [-0.39, 0.29) is 42.3 Å². The van der Waals surface area contributed by atoms with Crippen molar-refractivity contribution in [3.63, 3.8) is 0 Å². The molecule has 1 aromatic heterocycles. The van der Waals surface area contributed by atoms with Crippen molar-refractivity contribution in [1.29, 1.82) is 5.26 Å². The predicted octanol–water partition coefficient (Wildman–Crippen LogP) is 3.19. The van der Waals surface area contributed by atoms with Crippen LogP contribution in [0.2, 0.25) is 5.02 Å². The summed E-state index contributed by atoms with van der Waals surface area (Å²) in [4.78, 5) is 29.7. The standard InChI is InChI=1S/C28H34ClN7O3.ClH/c29-24-17-23(4-1-20(24)18-30)39-22-5-2-21(3-6-22)32-27(37)25-7-8-26(34-33-25)35-13-9-19(10-14-35)28(38)36-15-11-31-12-16-36;/h1,4,7-8,17,19,21-22,31H,2-3,5-6,9-16H2,(H,32,37);1H. The van der Waals surface area contributed by atoms with Crippen molar-refractivity contribution in [3.8, 4) is 11.8 Å². The van der Waals surface area contributed by atoms with Gasteiger partial charge in [-0.2, -0.15) is 5.26 Å². The fourth-order valence-electron chi connectivity index (χ4n) is 5.55. The average Bonchev–Trinajstić information content (AvgIpc) is 2.98. The quantitative estimate of drug-likeness (QED) is 0.528. The zero-order valence-corrected chi connectivity index (χ0v) is 23.9. The molecule has 10 nitrogen and oxygen atoms in total. The highest BCUT2D eigenvalue weighted by Crippen LogP contribution is 2.28. The summed E-state index contributed by atoms with van der Waals surface area (Å²) >= 11 is 6.10. The van der Waals surface area contributed by atoms with Gasteiger partial charge in [0.25, 0.3) is 5.91 Å². The highest BCUT2D eigenvalue weighted by atomic mass is 35.5. The molecule has 3 heterocycles. The highest BCUT2D eigenvalue weighted by molar-refractivity contribution is 6.31. The first-order valence-electron chi connectivity index (χ1n) is 13.8. The van der Waals surface area contributed by atoms with Crippen molar-refractivity contribution in [1.82, 2.24) is 25.7 Å². The maximum atomic E-state index is 12.8. The lowest BCUT2D eigenvalue weighted by atomic mass is 9.92. The number of anilines is 1. The lowest BCUT2D eigenvalue weighted by Gasteiger charge is -2.36. The molecular weight excluding hydrogens is 553 g/mol. The van der Waals surface area contributed by atoms with Crippen LogP contribution >= 0.6 is 24.0 Å². The Labute approximate surface area is 245 Å². The number of amides is 2. The lowest BCUT2D eigenvalue weighted by molar-refractivity contribution is -0.136. The average molecular weight is 589 g/mol. The molecule has 40 heavy (non-hydrogen) atoms. The minimum Gasteiger partial charge on any atom is -0.490 e. The number of nitrogens with zero attached hydrogens (tertiary/aromatic N) is 5. The Kier molecular flexibility index (Phi) is 10.4. The van der Waals surface area contributed by atoms with Gasteiger partial charge in [0.2, 0.25) is 5.91 Å². The van der Waals surface area contributed by atoms with E-state index in [2.05, 4.69) is 25.7 Å². The highest BCUT2D eigenvalue weighted by Gasteiger charge is 2.30. The maximum Gasteiger partial charge on any atom is 0.272 e. The van der Waals surface area contributed by atoms with Gasteiger partial charge in [0.15, 0.2) is 11.5 Å². The molecule has 1 aliphatic carbocycles. The van der Waals surface area contributed by atoms with E-state index in [0.29, 0.717) is 22.0 Å². The summed E-state index contributed by atoms with van der Waals surface area (Å²) in [6.07, 6.45) is 4.86. The Morgan fingerprint density at radius 3 is 2.35 bits per heavy atom. The predicted molar refractivity (Wildman–Crippen MR) is 154 cm³/mol. The number of hydrogen-bond acceptors (Lipinski definition) is 8. The Morgan fingerprint density at radius 2 is 1.73 bits per heavy atom. The molecule has 214 valence electrons. The fourth-order valence-corrected chi connectivity index (χ4v) is 5.76. The number of piperidine rings is 1. The molecule has 0 radical (unpaired) electrons. The number of ether oxygens (including phenoxy) is 1. The Bertz CT molecular complexity index is 1200.